The van der Waals surface area contributed by atoms with Crippen molar-refractivity contribution >= 4 is 34.6 Å². The molecule has 2 rings (SSSR count). The highest BCUT2D eigenvalue weighted by Crippen LogP contribution is 2.23. The van der Waals surface area contributed by atoms with Crippen molar-refractivity contribution in [3.63, 3.8) is 0 Å². The summed E-state index contributed by atoms with van der Waals surface area (Å²) in [5.41, 5.74) is 3.13. The SMILES string of the molecule is Cc1ccc(NC(=S)N(CCN(C)C)[C@H](C)c2ccncc2)cc1Cl. The average molecular weight is 377 g/mol. The highest BCUT2D eigenvalue weighted by Gasteiger charge is 2.19. The van der Waals surface area contributed by atoms with Gasteiger partial charge in [-0.3, -0.25) is 4.98 Å². The van der Waals surface area contributed by atoms with E-state index in [2.05, 4.69) is 41.1 Å². The van der Waals surface area contributed by atoms with Crippen molar-refractivity contribution in [1.29, 1.82) is 0 Å². The van der Waals surface area contributed by atoms with Gasteiger partial charge in [-0.25, -0.2) is 0 Å². The van der Waals surface area contributed by atoms with E-state index in [4.69, 9.17) is 23.8 Å². The minimum Gasteiger partial charge on any atom is -0.341 e. The molecule has 0 fully saturated rings. The molecule has 0 unspecified atom stereocenters. The fourth-order valence-electron chi connectivity index (χ4n) is 2.47. The van der Waals surface area contributed by atoms with Crippen LogP contribution in [0.3, 0.4) is 0 Å². The molecule has 2 aromatic rings. The third kappa shape index (κ3) is 5.66. The van der Waals surface area contributed by atoms with Gasteiger partial charge in [0.25, 0.3) is 0 Å². The third-order valence-electron chi connectivity index (χ3n) is 4.13. The van der Waals surface area contributed by atoms with E-state index < -0.39 is 0 Å². The number of likely N-dealkylation sites (N-methyl/N-ethyl adjacent to an activating group) is 1. The number of rotatable bonds is 6. The van der Waals surface area contributed by atoms with E-state index in [0.29, 0.717) is 5.11 Å². The molecule has 0 saturated carbocycles. The number of anilines is 1. The van der Waals surface area contributed by atoms with Gasteiger partial charge in [0.15, 0.2) is 5.11 Å². The summed E-state index contributed by atoms with van der Waals surface area (Å²) in [6.07, 6.45) is 3.62. The molecule has 1 aromatic heterocycles. The number of thiocarbonyl (C=S) groups is 1. The lowest BCUT2D eigenvalue weighted by Crippen LogP contribution is -2.40. The van der Waals surface area contributed by atoms with Crippen molar-refractivity contribution in [2.75, 3.05) is 32.5 Å². The second kappa shape index (κ2) is 9.13. The van der Waals surface area contributed by atoms with Gasteiger partial charge in [0.2, 0.25) is 0 Å². The highest BCUT2D eigenvalue weighted by molar-refractivity contribution is 7.80. The number of nitrogens with one attached hydrogen (secondary N) is 1. The van der Waals surface area contributed by atoms with Crippen LogP contribution < -0.4 is 5.32 Å². The maximum Gasteiger partial charge on any atom is 0.173 e. The number of hydrogen-bond acceptors (Lipinski definition) is 3. The van der Waals surface area contributed by atoms with Gasteiger partial charge in [-0.1, -0.05) is 17.7 Å². The van der Waals surface area contributed by atoms with Crippen molar-refractivity contribution in [2.24, 2.45) is 0 Å². The number of nitrogens with zero attached hydrogens (tertiary/aromatic N) is 3. The van der Waals surface area contributed by atoms with Crippen molar-refractivity contribution in [1.82, 2.24) is 14.8 Å². The summed E-state index contributed by atoms with van der Waals surface area (Å²) in [5, 5.41) is 4.74. The fourth-order valence-corrected chi connectivity index (χ4v) is 3.01. The monoisotopic (exact) mass is 376 g/mol. The Morgan fingerprint density at radius 1 is 1.20 bits per heavy atom. The smallest absolute Gasteiger partial charge is 0.173 e. The van der Waals surface area contributed by atoms with Crippen molar-refractivity contribution in [2.45, 2.75) is 19.9 Å². The molecule has 0 radical (unpaired) electrons. The Labute approximate surface area is 160 Å². The predicted molar refractivity (Wildman–Crippen MR) is 110 cm³/mol. The Hall–Kier alpha value is -1.69. The summed E-state index contributed by atoms with van der Waals surface area (Å²) in [6, 6.07) is 10.1. The summed E-state index contributed by atoms with van der Waals surface area (Å²) < 4.78 is 0. The molecule has 1 aromatic carbocycles. The van der Waals surface area contributed by atoms with E-state index in [1.54, 1.807) is 0 Å². The first-order chi connectivity index (χ1) is 11.9. The number of pyridine rings is 1. The summed E-state index contributed by atoms with van der Waals surface area (Å²) in [5.74, 6) is 0. The Morgan fingerprint density at radius 2 is 1.88 bits per heavy atom. The maximum absolute atomic E-state index is 6.23. The molecule has 25 heavy (non-hydrogen) atoms. The lowest BCUT2D eigenvalue weighted by molar-refractivity contribution is 0.289. The standard InChI is InChI=1S/C19H25ClN4S/c1-14-5-6-17(13-18(14)20)22-19(25)24(12-11-23(3)4)15(2)16-7-9-21-10-8-16/h5-10,13,15H,11-12H2,1-4H3,(H,22,25)/t15-/m1/s1. The molecule has 0 aliphatic rings. The van der Waals surface area contributed by atoms with Crippen LogP contribution in [0.15, 0.2) is 42.7 Å². The van der Waals surface area contributed by atoms with E-state index in [1.165, 1.54) is 5.56 Å². The number of aromatic nitrogens is 1. The zero-order valence-corrected chi connectivity index (χ0v) is 16.7. The van der Waals surface area contributed by atoms with Gasteiger partial charge in [-0.15, -0.1) is 0 Å². The van der Waals surface area contributed by atoms with Crippen LogP contribution in [-0.2, 0) is 0 Å². The normalized spacial score (nSPS) is 12.1. The molecule has 0 spiro atoms. The van der Waals surface area contributed by atoms with Gasteiger partial charge in [-0.05, 0) is 75.6 Å². The quantitative estimate of drug-likeness (QED) is 0.757. The molecule has 1 heterocycles. The van der Waals surface area contributed by atoms with Crippen LogP contribution >= 0.6 is 23.8 Å². The minimum absolute atomic E-state index is 0.142. The average Bonchev–Trinajstić information content (AvgIpc) is 2.58. The van der Waals surface area contributed by atoms with Crippen LogP contribution in [0, 0.1) is 6.92 Å². The minimum atomic E-state index is 0.142. The molecule has 0 aliphatic carbocycles. The van der Waals surface area contributed by atoms with E-state index in [9.17, 15) is 0 Å². The molecule has 0 amide bonds. The predicted octanol–water partition coefficient (Wildman–Crippen LogP) is 4.37. The largest absolute Gasteiger partial charge is 0.341 e. The van der Waals surface area contributed by atoms with Crippen LogP contribution in [0.2, 0.25) is 5.02 Å². The van der Waals surface area contributed by atoms with E-state index in [-0.39, 0.29) is 6.04 Å². The first-order valence-electron chi connectivity index (χ1n) is 8.27. The van der Waals surface area contributed by atoms with Crippen LogP contribution in [-0.4, -0.2) is 47.1 Å². The van der Waals surface area contributed by atoms with Gasteiger partial charge >= 0.3 is 0 Å². The van der Waals surface area contributed by atoms with E-state index >= 15 is 0 Å². The highest BCUT2D eigenvalue weighted by atomic mass is 35.5. The maximum atomic E-state index is 6.23. The van der Waals surface area contributed by atoms with Gasteiger partial charge in [-0.2, -0.15) is 0 Å². The number of benzene rings is 1. The Morgan fingerprint density at radius 3 is 2.48 bits per heavy atom. The Balaban J connectivity index is 2.18. The second-order valence-corrected chi connectivity index (χ2v) is 7.14. The van der Waals surface area contributed by atoms with Crippen LogP contribution in [0.1, 0.15) is 24.1 Å². The zero-order chi connectivity index (χ0) is 18.4. The molecule has 1 N–H and O–H groups in total. The molecule has 0 saturated heterocycles. The molecular weight excluding hydrogens is 352 g/mol. The van der Waals surface area contributed by atoms with Crippen LogP contribution in [0.5, 0.6) is 0 Å². The topological polar surface area (TPSA) is 31.4 Å². The van der Waals surface area contributed by atoms with Crippen LogP contribution in [0.25, 0.3) is 0 Å². The molecule has 134 valence electrons. The van der Waals surface area contributed by atoms with E-state index in [1.807, 2.05) is 49.6 Å². The molecule has 0 bridgehead atoms. The number of aryl methyl sites for hydroxylation is 1. The first kappa shape index (κ1) is 19.6. The molecule has 1 atom stereocenters. The molecule has 4 nitrogen and oxygen atoms in total. The van der Waals surface area contributed by atoms with Gasteiger partial charge in [0, 0.05) is 36.2 Å². The van der Waals surface area contributed by atoms with Gasteiger partial charge < -0.3 is 15.1 Å². The number of hydrogen-bond donors (Lipinski definition) is 1. The third-order valence-corrected chi connectivity index (χ3v) is 4.87. The summed E-state index contributed by atoms with van der Waals surface area (Å²) in [6.45, 7) is 5.87. The van der Waals surface area contributed by atoms with Crippen molar-refractivity contribution in [3.8, 4) is 0 Å². The number of halogens is 1. The first-order valence-corrected chi connectivity index (χ1v) is 9.05. The van der Waals surface area contributed by atoms with Crippen LogP contribution in [0.4, 0.5) is 5.69 Å². The van der Waals surface area contributed by atoms with Crippen molar-refractivity contribution in [3.05, 3.63) is 58.9 Å². The zero-order valence-electron chi connectivity index (χ0n) is 15.2. The van der Waals surface area contributed by atoms with Crippen molar-refractivity contribution < 1.29 is 0 Å². The lowest BCUT2D eigenvalue weighted by atomic mass is 10.1. The second-order valence-electron chi connectivity index (χ2n) is 6.35. The van der Waals surface area contributed by atoms with Gasteiger partial charge in [0.1, 0.15) is 0 Å². The van der Waals surface area contributed by atoms with Gasteiger partial charge in [0.05, 0.1) is 6.04 Å². The fraction of sp³-hybridized carbons (Fsp3) is 0.368. The molecule has 6 heteroatoms. The molecule has 0 aliphatic heterocycles. The lowest BCUT2D eigenvalue weighted by Gasteiger charge is -2.33. The van der Waals surface area contributed by atoms with E-state index in [0.717, 1.165) is 29.4 Å². The molecular formula is C19H25ClN4S. The summed E-state index contributed by atoms with van der Waals surface area (Å²) >= 11 is 11.9. The Kier molecular flexibility index (Phi) is 7.17. The summed E-state index contributed by atoms with van der Waals surface area (Å²) in [7, 11) is 4.12. The summed E-state index contributed by atoms with van der Waals surface area (Å²) in [4.78, 5) is 8.45. The Bertz CT molecular complexity index is 706.